The van der Waals surface area contributed by atoms with Gasteiger partial charge in [-0.2, -0.15) is 0 Å². The van der Waals surface area contributed by atoms with Gasteiger partial charge in [-0.05, 0) is 94.2 Å². The Labute approximate surface area is 259 Å². The van der Waals surface area contributed by atoms with E-state index in [0.717, 1.165) is 0 Å². The minimum atomic E-state index is 0.0283. The highest BCUT2D eigenvalue weighted by Gasteiger charge is 2.42. The van der Waals surface area contributed by atoms with E-state index in [2.05, 4.69) is 154 Å². The monoisotopic (exact) mass is 566 g/mol. The summed E-state index contributed by atoms with van der Waals surface area (Å²) in [6, 6.07) is 38.8. The van der Waals surface area contributed by atoms with Gasteiger partial charge in [-0.3, -0.25) is 0 Å². The molecule has 212 valence electrons. The van der Waals surface area contributed by atoms with Crippen molar-refractivity contribution >= 4 is 44.9 Å². The van der Waals surface area contributed by atoms with Gasteiger partial charge in [0, 0.05) is 33.2 Å². The molecule has 9 rings (SSSR count). The average Bonchev–Trinajstić information content (AvgIpc) is 3.49. The molecule has 2 aliphatic rings. The van der Waals surface area contributed by atoms with Crippen LogP contribution in [0, 0.1) is 20.8 Å². The molecule has 44 heavy (non-hydrogen) atoms. The Morgan fingerprint density at radius 3 is 1.66 bits per heavy atom. The molecule has 0 amide bonds. The molecule has 0 bridgehead atoms. The first-order chi connectivity index (χ1) is 21.2. The molecule has 0 unspecified atom stereocenters. The standard InChI is InChI=1S/C41H35BN2/c1-24-20-34-36-35(21-24)44-38(28-16-11-8-12-17-28)26(3)31-22-29(41(4,5)6)23-33(40(31)44)42(36)32-19-13-18-30-25(2)37(43(34)39(30)32)27-14-9-7-10-15-27/h7-23H,1-6H3. The minimum Gasteiger partial charge on any atom is -0.310 e. The van der Waals surface area contributed by atoms with E-state index in [-0.39, 0.29) is 12.1 Å². The van der Waals surface area contributed by atoms with Crippen LogP contribution in [0.1, 0.15) is 43.0 Å². The van der Waals surface area contributed by atoms with E-state index in [1.807, 2.05) is 0 Å². The number of aryl methyl sites for hydroxylation is 3. The quantitative estimate of drug-likeness (QED) is 0.187. The Kier molecular flexibility index (Phi) is 5.06. The van der Waals surface area contributed by atoms with Crippen molar-refractivity contribution in [2.45, 2.75) is 47.0 Å². The molecule has 2 nitrogen and oxygen atoms in total. The molecular formula is C41H35BN2. The van der Waals surface area contributed by atoms with Crippen LogP contribution in [0.4, 0.5) is 0 Å². The van der Waals surface area contributed by atoms with Crippen molar-refractivity contribution in [2.75, 3.05) is 0 Å². The SMILES string of the molecule is Cc1cc2c3c(c1)-n1c(-c4ccccc4)c(C)c4cc(C(C)(C)C)cc(c41)B3c1cccc3c(C)c(-c4ccccc4)n-2c13. The van der Waals surface area contributed by atoms with Crippen LogP contribution in [0.15, 0.2) is 103 Å². The summed E-state index contributed by atoms with van der Waals surface area (Å²) in [5.41, 5.74) is 20.1. The van der Waals surface area contributed by atoms with E-state index in [9.17, 15) is 0 Å². The number of nitrogens with zero attached hydrogens (tertiary/aromatic N) is 2. The Bertz CT molecular complexity index is 2330. The summed E-state index contributed by atoms with van der Waals surface area (Å²) in [5.74, 6) is 0. The largest absolute Gasteiger partial charge is 0.310 e. The summed E-state index contributed by atoms with van der Waals surface area (Å²) >= 11 is 0. The number of hydrogen-bond donors (Lipinski definition) is 0. The lowest BCUT2D eigenvalue weighted by molar-refractivity contribution is 0.591. The van der Waals surface area contributed by atoms with Crippen LogP contribution in [0.5, 0.6) is 0 Å². The van der Waals surface area contributed by atoms with Crippen LogP contribution in [0.3, 0.4) is 0 Å². The maximum Gasteiger partial charge on any atom is 0.252 e. The molecule has 2 aromatic heterocycles. The lowest BCUT2D eigenvalue weighted by Crippen LogP contribution is -2.59. The molecule has 0 aliphatic carbocycles. The number of fused-ring (bicyclic) bond motifs is 4. The summed E-state index contributed by atoms with van der Waals surface area (Å²) in [4.78, 5) is 0. The van der Waals surface area contributed by atoms with Crippen LogP contribution in [0.2, 0.25) is 0 Å². The number of para-hydroxylation sites is 1. The van der Waals surface area contributed by atoms with Crippen LogP contribution in [-0.2, 0) is 5.41 Å². The smallest absolute Gasteiger partial charge is 0.252 e. The first-order valence-electron chi connectivity index (χ1n) is 15.8. The molecule has 0 saturated carbocycles. The normalized spacial score (nSPS) is 13.2. The van der Waals surface area contributed by atoms with Gasteiger partial charge in [-0.1, -0.05) is 106 Å². The van der Waals surface area contributed by atoms with Gasteiger partial charge >= 0.3 is 0 Å². The predicted octanol–water partition coefficient (Wildman–Crippen LogP) is 8.27. The zero-order valence-corrected chi connectivity index (χ0v) is 26.3. The molecule has 4 heterocycles. The summed E-state index contributed by atoms with van der Waals surface area (Å²) in [6.07, 6.45) is 0. The first-order valence-corrected chi connectivity index (χ1v) is 15.8. The van der Waals surface area contributed by atoms with E-state index < -0.39 is 0 Å². The van der Waals surface area contributed by atoms with Gasteiger partial charge in [0.05, 0.1) is 11.4 Å². The van der Waals surface area contributed by atoms with Gasteiger partial charge in [0.1, 0.15) is 0 Å². The summed E-state index contributed by atoms with van der Waals surface area (Å²) in [6.45, 7) is 14.1. The molecule has 3 heteroatoms. The summed E-state index contributed by atoms with van der Waals surface area (Å²) in [5, 5.41) is 2.72. The second-order valence-corrected chi connectivity index (χ2v) is 14.0. The van der Waals surface area contributed by atoms with Crippen molar-refractivity contribution in [1.29, 1.82) is 0 Å². The highest BCUT2D eigenvalue weighted by atomic mass is 15.0. The molecule has 2 aliphatic heterocycles. The van der Waals surface area contributed by atoms with Gasteiger partial charge in [0.2, 0.25) is 0 Å². The highest BCUT2D eigenvalue weighted by Crippen LogP contribution is 2.43. The number of benzene rings is 5. The van der Waals surface area contributed by atoms with Gasteiger partial charge in [0.15, 0.2) is 0 Å². The molecule has 0 fully saturated rings. The zero-order valence-electron chi connectivity index (χ0n) is 26.3. The Morgan fingerprint density at radius 1 is 0.545 bits per heavy atom. The third-order valence-corrected chi connectivity index (χ3v) is 10.3. The van der Waals surface area contributed by atoms with Crippen molar-refractivity contribution in [3.63, 3.8) is 0 Å². The number of rotatable bonds is 2. The molecule has 5 aromatic carbocycles. The average molecular weight is 567 g/mol. The Balaban J connectivity index is 1.51. The first kappa shape index (κ1) is 25.7. The number of aromatic nitrogens is 2. The molecular weight excluding hydrogens is 531 g/mol. The van der Waals surface area contributed by atoms with Crippen LogP contribution >= 0.6 is 0 Å². The van der Waals surface area contributed by atoms with Gasteiger partial charge in [-0.15, -0.1) is 0 Å². The van der Waals surface area contributed by atoms with E-state index in [1.165, 1.54) is 94.3 Å². The summed E-state index contributed by atoms with van der Waals surface area (Å²) < 4.78 is 5.19. The predicted molar refractivity (Wildman–Crippen MR) is 189 cm³/mol. The second-order valence-electron chi connectivity index (χ2n) is 14.0. The van der Waals surface area contributed by atoms with Crippen molar-refractivity contribution in [2.24, 2.45) is 0 Å². The third kappa shape index (κ3) is 3.22. The third-order valence-electron chi connectivity index (χ3n) is 10.3. The maximum atomic E-state index is 2.60. The van der Waals surface area contributed by atoms with Gasteiger partial charge in [0.25, 0.3) is 6.71 Å². The van der Waals surface area contributed by atoms with Crippen molar-refractivity contribution in [3.05, 3.63) is 125 Å². The molecule has 0 N–H and O–H groups in total. The van der Waals surface area contributed by atoms with Crippen LogP contribution in [0.25, 0.3) is 55.7 Å². The lowest BCUT2D eigenvalue weighted by atomic mass is 9.34. The Hall–Kier alpha value is -4.76. The molecule has 0 saturated heterocycles. The fourth-order valence-electron chi connectivity index (χ4n) is 8.28. The topological polar surface area (TPSA) is 9.86 Å². The molecule has 0 spiro atoms. The van der Waals surface area contributed by atoms with Crippen molar-refractivity contribution in [1.82, 2.24) is 9.13 Å². The van der Waals surface area contributed by atoms with Crippen molar-refractivity contribution < 1.29 is 0 Å². The van der Waals surface area contributed by atoms with Crippen molar-refractivity contribution in [3.8, 4) is 33.9 Å². The number of hydrogen-bond acceptors (Lipinski definition) is 0. The van der Waals surface area contributed by atoms with Gasteiger partial charge < -0.3 is 9.13 Å². The van der Waals surface area contributed by atoms with E-state index in [0.29, 0.717) is 0 Å². The van der Waals surface area contributed by atoms with E-state index in [4.69, 9.17) is 0 Å². The summed E-state index contributed by atoms with van der Waals surface area (Å²) in [7, 11) is 0. The zero-order chi connectivity index (χ0) is 30.1. The van der Waals surface area contributed by atoms with Crippen LogP contribution < -0.4 is 16.4 Å². The second kappa shape index (κ2) is 8.67. The van der Waals surface area contributed by atoms with E-state index >= 15 is 0 Å². The highest BCUT2D eigenvalue weighted by molar-refractivity contribution is 7.00. The fourth-order valence-corrected chi connectivity index (χ4v) is 8.28. The molecule has 7 aromatic rings. The minimum absolute atomic E-state index is 0.0283. The molecule has 0 atom stereocenters. The maximum absolute atomic E-state index is 2.60. The van der Waals surface area contributed by atoms with Crippen LogP contribution in [-0.4, -0.2) is 15.8 Å². The van der Waals surface area contributed by atoms with E-state index in [1.54, 1.807) is 0 Å². The lowest BCUT2D eigenvalue weighted by Gasteiger charge is -2.35. The molecule has 0 radical (unpaired) electrons. The fraction of sp³-hybridized carbons (Fsp3) is 0.171. The Morgan fingerprint density at radius 2 is 1.09 bits per heavy atom. The van der Waals surface area contributed by atoms with Gasteiger partial charge in [-0.25, -0.2) is 0 Å².